The molecule has 1 amide bonds. The van der Waals surface area contributed by atoms with Gasteiger partial charge in [-0.2, -0.15) is 0 Å². The van der Waals surface area contributed by atoms with Gasteiger partial charge in [0.05, 0.1) is 54.2 Å². The van der Waals surface area contributed by atoms with E-state index in [1.807, 2.05) is 48.6 Å². The summed E-state index contributed by atoms with van der Waals surface area (Å²) in [5.41, 5.74) is 15.3. The fraction of sp³-hybridized carbons (Fsp3) is 0.426. The molecule has 4 aliphatic rings. The molecule has 55 heavy (non-hydrogen) atoms. The molecule has 3 aliphatic heterocycles. The number of fused-ring (bicyclic) bond motifs is 3. The van der Waals surface area contributed by atoms with E-state index in [9.17, 15) is 14.4 Å². The van der Waals surface area contributed by atoms with Crippen LogP contribution < -0.4 is 15.1 Å². The molecule has 2 aromatic rings. The SMILES string of the molecule is CC1(C)C(=CC=CC=C2CCC(=CC=CC=C3C(C)(C)c4cc(C(N)=O)ccc4[N+]34CCC4[N+](C)(C)C)C2=O)N(CCC[N+](C)(C)C)c2ccc(C=O)cc21. The molecule has 2 fully saturated rings. The highest BCUT2D eigenvalue weighted by Gasteiger charge is 2.66. The zero-order chi connectivity index (χ0) is 40.1. The summed E-state index contributed by atoms with van der Waals surface area (Å²) >= 11 is 0. The fourth-order valence-electron chi connectivity index (χ4n) is 9.56. The number of anilines is 1. The molecule has 290 valence electrons. The Hall–Kier alpha value is -4.63. The second-order valence-electron chi connectivity index (χ2n) is 18.8. The van der Waals surface area contributed by atoms with Crippen LogP contribution in [0.3, 0.4) is 0 Å². The number of allylic oxidation sites excluding steroid dienone is 12. The van der Waals surface area contributed by atoms with Gasteiger partial charge in [-0.25, -0.2) is 4.48 Å². The molecule has 2 aromatic carbocycles. The topological polar surface area (TPSA) is 80.5 Å². The first-order valence-corrected chi connectivity index (χ1v) is 19.8. The number of ketones is 1. The standard InChI is InChI=1S/C47H61N5O3/c1-46(2)37-30-33(32-53)20-24-39(37)49(27-15-28-50(5,6)7)41(46)18-13-11-16-34-21-22-35(44(34)54)17-12-14-19-42-47(3,4)38-31-36(45(48)55)23-25-40(38)52(42)29-26-43(52)51(8,9)10/h11-14,16-20,23-25,30-32,43H,15,21-22,26-29H2,1-10H3,(H-,48,55)/q+2/p+1. The summed E-state index contributed by atoms with van der Waals surface area (Å²) in [5, 5.41) is 0. The van der Waals surface area contributed by atoms with Crippen LogP contribution in [-0.2, 0) is 15.6 Å². The van der Waals surface area contributed by atoms with Gasteiger partial charge >= 0.3 is 0 Å². The number of primary amides is 1. The minimum absolute atomic E-state index is 0.107. The molecular formula is C47H62N5O3+3. The van der Waals surface area contributed by atoms with Crippen LogP contribution in [0.15, 0.2) is 108 Å². The van der Waals surface area contributed by atoms with Crippen molar-refractivity contribution in [2.75, 3.05) is 66.8 Å². The van der Waals surface area contributed by atoms with Gasteiger partial charge in [0.25, 0.3) is 0 Å². The Morgan fingerprint density at radius 1 is 0.855 bits per heavy atom. The highest BCUT2D eigenvalue weighted by molar-refractivity contribution is 6.11. The van der Waals surface area contributed by atoms with Gasteiger partial charge in [0.15, 0.2) is 5.78 Å². The molecule has 1 aliphatic carbocycles. The summed E-state index contributed by atoms with van der Waals surface area (Å²) < 4.78 is 2.51. The van der Waals surface area contributed by atoms with Crippen LogP contribution in [-0.4, -0.2) is 95.0 Å². The number of carbonyl (C=O) groups excluding carboxylic acids is 3. The van der Waals surface area contributed by atoms with Gasteiger partial charge in [-0.15, -0.1) is 0 Å². The molecule has 1 saturated heterocycles. The quantitative estimate of drug-likeness (QED) is 0.146. The van der Waals surface area contributed by atoms with E-state index in [-0.39, 0.29) is 16.6 Å². The molecule has 0 bridgehead atoms. The highest BCUT2D eigenvalue weighted by atomic mass is 16.1. The van der Waals surface area contributed by atoms with Crippen LogP contribution in [0.5, 0.6) is 0 Å². The van der Waals surface area contributed by atoms with Crippen molar-refractivity contribution >= 4 is 29.4 Å². The lowest BCUT2D eigenvalue weighted by Crippen LogP contribution is -2.74. The zero-order valence-corrected chi connectivity index (χ0v) is 34.8. The molecule has 3 heterocycles. The van der Waals surface area contributed by atoms with E-state index >= 15 is 0 Å². The Labute approximate surface area is 329 Å². The van der Waals surface area contributed by atoms with Crippen molar-refractivity contribution < 1.29 is 23.3 Å². The lowest BCUT2D eigenvalue weighted by molar-refractivity contribution is -0.913. The molecule has 6 rings (SSSR count). The maximum absolute atomic E-state index is 13.5. The number of benzene rings is 2. The van der Waals surface area contributed by atoms with Crippen molar-refractivity contribution in [2.24, 2.45) is 5.73 Å². The van der Waals surface area contributed by atoms with Crippen molar-refractivity contribution in [2.45, 2.75) is 70.4 Å². The number of nitrogens with zero attached hydrogens (tertiary/aromatic N) is 4. The Kier molecular flexibility index (Phi) is 10.5. The van der Waals surface area contributed by atoms with Gasteiger partial charge in [-0.05, 0) is 74.7 Å². The molecular weight excluding hydrogens is 683 g/mol. The second-order valence-corrected chi connectivity index (χ2v) is 18.8. The van der Waals surface area contributed by atoms with Crippen LogP contribution in [0.1, 0.15) is 85.2 Å². The molecule has 8 nitrogen and oxygen atoms in total. The lowest BCUT2D eigenvalue weighted by Gasteiger charge is -2.54. The molecule has 8 heteroatoms. The molecule has 2 unspecified atom stereocenters. The van der Waals surface area contributed by atoms with Gasteiger partial charge in [-0.3, -0.25) is 18.9 Å². The van der Waals surface area contributed by atoms with Crippen molar-refractivity contribution in [3.8, 4) is 0 Å². The number of hydrogen-bond acceptors (Lipinski definition) is 4. The Bertz CT molecular complexity index is 2100. The van der Waals surface area contributed by atoms with Crippen molar-refractivity contribution in [3.05, 3.63) is 130 Å². The Balaban J connectivity index is 1.21. The largest absolute Gasteiger partial charge is 0.366 e. The third-order valence-electron chi connectivity index (χ3n) is 12.4. The van der Waals surface area contributed by atoms with Crippen LogP contribution in [0.25, 0.3) is 0 Å². The number of quaternary nitrogens is 3. The number of aldehydes is 1. The average molecular weight is 745 g/mol. The average Bonchev–Trinajstić information content (AvgIpc) is 3.61. The van der Waals surface area contributed by atoms with E-state index in [0.29, 0.717) is 17.3 Å². The fourth-order valence-corrected chi connectivity index (χ4v) is 9.56. The molecule has 0 aromatic heterocycles. The number of hydrogen-bond donors (Lipinski definition) is 1. The predicted molar refractivity (Wildman–Crippen MR) is 226 cm³/mol. The minimum atomic E-state index is -0.407. The minimum Gasteiger partial charge on any atom is -0.366 e. The van der Waals surface area contributed by atoms with E-state index in [1.165, 1.54) is 17.1 Å². The predicted octanol–water partition coefficient (Wildman–Crippen LogP) is 7.62. The number of Topliss-reactive ketones (excluding diaryl/α,β-unsaturated/α-hetero) is 1. The summed E-state index contributed by atoms with van der Waals surface area (Å²) in [4.78, 5) is 39.7. The summed E-state index contributed by atoms with van der Waals surface area (Å²) in [5.74, 6) is -0.300. The van der Waals surface area contributed by atoms with Crippen LogP contribution >= 0.6 is 0 Å². The van der Waals surface area contributed by atoms with E-state index in [1.54, 1.807) is 0 Å². The molecule has 2 N–H and O–H groups in total. The van der Waals surface area contributed by atoms with Gasteiger partial charge in [0.2, 0.25) is 12.1 Å². The van der Waals surface area contributed by atoms with Crippen LogP contribution in [0.2, 0.25) is 0 Å². The van der Waals surface area contributed by atoms with Crippen LogP contribution in [0, 0.1) is 0 Å². The highest BCUT2D eigenvalue weighted by Crippen LogP contribution is 2.58. The maximum Gasteiger partial charge on any atom is 0.248 e. The number of amides is 1. The normalized spacial score (nSPS) is 26.0. The van der Waals surface area contributed by atoms with E-state index < -0.39 is 5.91 Å². The second kappa shape index (κ2) is 14.5. The third kappa shape index (κ3) is 7.28. The van der Waals surface area contributed by atoms with Gasteiger partial charge in [0.1, 0.15) is 30.6 Å². The number of nitrogens with two attached hydrogens (primary N) is 1. The van der Waals surface area contributed by atoms with Gasteiger partial charge in [-0.1, -0.05) is 50.3 Å². The first kappa shape index (κ1) is 40.0. The van der Waals surface area contributed by atoms with Gasteiger partial charge in [0, 0.05) is 63.7 Å². The summed E-state index contributed by atoms with van der Waals surface area (Å²) in [7, 11) is 13.4. The molecule has 1 spiro atoms. The summed E-state index contributed by atoms with van der Waals surface area (Å²) in [6, 6.07) is 12.0. The lowest BCUT2D eigenvalue weighted by atomic mass is 9.82. The van der Waals surface area contributed by atoms with Crippen molar-refractivity contribution in [3.63, 3.8) is 0 Å². The molecule has 2 atom stereocenters. The van der Waals surface area contributed by atoms with Crippen molar-refractivity contribution in [1.29, 1.82) is 0 Å². The third-order valence-corrected chi connectivity index (χ3v) is 12.4. The van der Waals surface area contributed by atoms with Gasteiger partial charge < -0.3 is 15.1 Å². The first-order chi connectivity index (χ1) is 25.7. The summed E-state index contributed by atoms with van der Waals surface area (Å²) in [6.45, 7) is 11.9. The zero-order valence-electron chi connectivity index (χ0n) is 34.8. The first-order valence-electron chi connectivity index (χ1n) is 19.8. The smallest absolute Gasteiger partial charge is 0.248 e. The van der Waals surface area contributed by atoms with Crippen molar-refractivity contribution in [1.82, 2.24) is 4.48 Å². The monoisotopic (exact) mass is 744 g/mol. The summed E-state index contributed by atoms with van der Waals surface area (Å²) in [6.07, 6.45) is 21.4. The Morgan fingerprint density at radius 3 is 2.05 bits per heavy atom. The number of carbonyl (C=O) groups is 3. The van der Waals surface area contributed by atoms with E-state index in [4.69, 9.17) is 5.73 Å². The Morgan fingerprint density at radius 2 is 1.49 bits per heavy atom. The number of rotatable bonds is 11. The van der Waals surface area contributed by atoms with E-state index in [2.05, 4.69) is 111 Å². The molecule has 0 radical (unpaired) electrons. The van der Waals surface area contributed by atoms with Crippen LogP contribution in [0.4, 0.5) is 11.4 Å². The maximum atomic E-state index is 13.5. The van der Waals surface area contributed by atoms with E-state index in [0.717, 1.165) is 93.0 Å². The molecule has 1 saturated carbocycles.